The molecule has 0 bridgehead atoms. The fourth-order valence-electron chi connectivity index (χ4n) is 4.66. The van der Waals surface area contributed by atoms with Crippen molar-refractivity contribution in [3.05, 3.63) is 63.6 Å². The number of hydrogen-bond acceptors (Lipinski definition) is 7. The molecular formula is C29H35N3O5. The summed E-state index contributed by atoms with van der Waals surface area (Å²) in [5.41, 5.74) is 3.08. The van der Waals surface area contributed by atoms with Crippen LogP contribution in [0.4, 0.5) is 4.79 Å². The largest absolute Gasteiger partial charge is 0.489 e. The SMILES string of the molecule is CC(C)(C)OC(=O)N1CCC(CCc2noc3c2=CCC=C(OCc2ccc(C#N)cc2)C=3CO)CC1. The predicted molar refractivity (Wildman–Crippen MR) is 138 cm³/mol. The van der Waals surface area contributed by atoms with Crippen LogP contribution in [0.3, 0.4) is 0 Å². The van der Waals surface area contributed by atoms with Gasteiger partial charge in [0, 0.05) is 18.3 Å². The highest BCUT2D eigenvalue weighted by Crippen LogP contribution is 2.23. The lowest BCUT2D eigenvalue weighted by Crippen LogP contribution is -2.41. The normalized spacial score (nSPS) is 16.2. The summed E-state index contributed by atoms with van der Waals surface area (Å²) >= 11 is 0. The van der Waals surface area contributed by atoms with Crippen molar-refractivity contribution in [1.82, 2.24) is 10.1 Å². The van der Waals surface area contributed by atoms with Crippen LogP contribution in [-0.4, -0.2) is 46.6 Å². The Kier molecular flexibility index (Phi) is 8.34. The number of amides is 1. The molecule has 1 amide bonds. The number of carbonyl (C=O) groups is 1. The fraction of sp³-hybridized carbons (Fsp3) is 0.483. The number of aromatic nitrogens is 1. The maximum absolute atomic E-state index is 12.3. The number of allylic oxidation sites excluding steroid dienone is 1. The second-order valence-electron chi connectivity index (χ2n) is 10.6. The number of rotatable bonds is 7. The number of aliphatic hydroxyl groups is 1. The van der Waals surface area contributed by atoms with E-state index in [9.17, 15) is 9.90 Å². The summed E-state index contributed by atoms with van der Waals surface area (Å²) in [6, 6.07) is 9.34. The topological polar surface area (TPSA) is 109 Å². The molecule has 0 radical (unpaired) electrons. The molecule has 196 valence electrons. The van der Waals surface area contributed by atoms with Gasteiger partial charge in [0.15, 0.2) is 5.42 Å². The highest BCUT2D eigenvalue weighted by molar-refractivity contribution is 5.68. The summed E-state index contributed by atoms with van der Waals surface area (Å²) in [6.07, 6.45) is 8.02. The molecule has 0 unspecified atom stereocenters. The van der Waals surface area contributed by atoms with Crippen LogP contribution in [0.2, 0.25) is 0 Å². The Morgan fingerprint density at radius 1 is 1.22 bits per heavy atom. The molecule has 1 saturated heterocycles. The van der Waals surface area contributed by atoms with E-state index in [-0.39, 0.29) is 12.7 Å². The van der Waals surface area contributed by atoms with Crippen LogP contribution >= 0.6 is 0 Å². The molecule has 37 heavy (non-hydrogen) atoms. The van der Waals surface area contributed by atoms with Gasteiger partial charge in [0.05, 0.1) is 29.5 Å². The molecule has 1 aromatic carbocycles. The van der Waals surface area contributed by atoms with Crippen molar-refractivity contribution >= 4 is 17.7 Å². The van der Waals surface area contributed by atoms with Crippen molar-refractivity contribution in [2.45, 2.75) is 65.1 Å². The van der Waals surface area contributed by atoms with Gasteiger partial charge in [-0.2, -0.15) is 5.26 Å². The molecule has 0 atom stereocenters. The molecule has 0 saturated carbocycles. The molecule has 8 nitrogen and oxygen atoms in total. The standard InChI is InChI=1S/C29H35N3O5/c1-29(2,3)36-28(34)32-15-13-20(14-16-32)11-12-25-23-5-4-6-26(24(18-33)27(23)37-31-25)35-19-22-9-7-21(17-30)8-10-22/h5-10,20,33H,4,11-16,18-19H2,1-3H3. The number of hydrogen-bond donors (Lipinski definition) is 1. The minimum Gasteiger partial charge on any atom is -0.489 e. The Labute approximate surface area is 217 Å². The van der Waals surface area contributed by atoms with E-state index in [0.717, 1.165) is 42.2 Å². The summed E-state index contributed by atoms with van der Waals surface area (Å²) < 4.78 is 17.2. The van der Waals surface area contributed by atoms with Gasteiger partial charge in [-0.25, -0.2) is 4.79 Å². The van der Waals surface area contributed by atoms with Gasteiger partial charge in [0.25, 0.3) is 0 Å². The molecule has 1 aliphatic heterocycles. The minimum absolute atomic E-state index is 0.224. The molecule has 0 spiro atoms. The first-order valence-corrected chi connectivity index (χ1v) is 12.9. The van der Waals surface area contributed by atoms with Gasteiger partial charge in [-0.15, -0.1) is 0 Å². The lowest BCUT2D eigenvalue weighted by molar-refractivity contribution is 0.0181. The Bertz CT molecular complexity index is 1290. The fourth-order valence-corrected chi connectivity index (χ4v) is 4.66. The number of benzene rings is 1. The maximum Gasteiger partial charge on any atom is 0.410 e. The van der Waals surface area contributed by atoms with Crippen LogP contribution in [0.15, 0.2) is 40.6 Å². The number of aryl methyl sites for hydroxylation is 1. The first kappa shape index (κ1) is 26.5. The molecule has 2 aromatic rings. The molecular weight excluding hydrogens is 470 g/mol. The second-order valence-corrected chi connectivity index (χ2v) is 10.6. The van der Waals surface area contributed by atoms with E-state index in [1.807, 2.05) is 39.0 Å². The third-order valence-electron chi connectivity index (χ3n) is 6.69. The monoisotopic (exact) mass is 505 g/mol. The lowest BCUT2D eigenvalue weighted by Gasteiger charge is -2.33. The minimum atomic E-state index is -0.483. The number of nitriles is 1. The molecule has 1 fully saturated rings. The highest BCUT2D eigenvalue weighted by Gasteiger charge is 2.27. The zero-order valence-electron chi connectivity index (χ0n) is 21.8. The quantitative estimate of drug-likeness (QED) is 0.613. The first-order valence-electron chi connectivity index (χ1n) is 12.9. The van der Waals surface area contributed by atoms with Crippen LogP contribution in [-0.2, 0) is 22.5 Å². The van der Waals surface area contributed by atoms with Crippen molar-refractivity contribution in [3.63, 3.8) is 0 Å². The number of nitrogens with zero attached hydrogens (tertiary/aromatic N) is 3. The third kappa shape index (κ3) is 6.80. The summed E-state index contributed by atoms with van der Waals surface area (Å²) in [5.74, 6) is 1.08. The van der Waals surface area contributed by atoms with Crippen LogP contribution < -0.4 is 10.6 Å². The summed E-state index contributed by atoms with van der Waals surface area (Å²) in [7, 11) is 0. The number of piperidine rings is 1. The van der Waals surface area contributed by atoms with Crippen molar-refractivity contribution in [1.29, 1.82) is 5.26 Å². The molecule has 1 N–H and O–H groups in total. The molecule has 1 aromatic heterocycles. The zero-order chi connectivity index (χ0) is 26.4. The van der Waals surface area contributed by atoms with Gasteiger partial charge in [0.2, 0.25) is 0 Å². The van der Waals surface area contributed by atoms with Gasteiger partial charge >= 0.3 is 6.09 Å². The molecule has 4 rings (SSSR count). The van der Waals surface area contributed by atoms with E-state index in [0.29, 0.717) is 54.3 Å². The van der Waals surface area contributed by atoms with Gasteiger partial charge in [-0.05, 0) is 82.6 Å². The summed E-state index contributed by atoms with van der Waals surface area (Å²) in [5, 5.41) is 24.4. The molecule has 2 aliphatic rings. The third-order valence-corrected chi connectivity index (χ3v) is 6.69. The first-order chi connectivity index (χ1) is 17.8. The van der Waals surface area contributed by atoms with Gasteiger partial charge in [-0.1, -0.05) is 23.4 Å². The van der Waals surface area contributed by atoms with Crippen LogP contribution in [0.25, 0.3) is 11.6 Å². The summed E-state index contributed by atoms with van der Waals surface area (Å²) in [4.78, 5) is 14.1. The van der Waals surface area contributed by atoms with Gasteiger partial charge < -0.3 is 24.0 Å². The van der Waals surface area contributed by atoms with E-state index in [4.69, 9.17) is 19.3 Å². The van der Waals surface area contributed by atoms with Crippen molar-refractivity contribution in [2.24, 2.45) is 5.92 Å². The highest BCUT2D eigenvalue weighted by atomic mass is 16.6. The smallest absolute Gasteiger partial charge is 0.410 e. The maximum atomic E-state index is 12.3. The Hall–Kier alpha value is -3.57. The van der Waals surface area contributed by atoms with Crippen LogP contribution in [0.5, 0.6) is 0 Å². The Morgan fingerprint density at radius 3 is 2.59 bits per heavy atom. The number of ether oxygens (including phenoxy) is 2. The van der Waals surface area contributed by atoms with Crippen LogP contribution in [0, 0.1) is 17.2 Å². The molecule has 2 heterocycles. The average Bonchev–Trinajstić information content (AvgIpc) is 3.18. The number of likely N-dealkylation sites (tertiary alicyclic amines) is 1. The second kappa shape index (κ2) is 11.7. The van der Waals surface area contributed by atoms with Crippen molar-refractivity contribution < 1.29 is 23.9 Å². The Balaban J connectivity index is 1.37. The zero-order valence-corrected chi connectivity index (χ0v) is 21.8. The molecule has 8 heteroatoms. The van der Waals surface area contributed by atoms with E-state index >= 15 is 0 Å². The van der Waals surface area contributed by atoms with E-state index in [1.54, 1.807) is 17.0 Å². The van der Waals surface area contributed by atoms with E-state index < -0.39 is 5.60 Å². The number of fused-ring (bicyclic) bond motifs is 1. The number of carbonyl (C=O) groups excluding carboxylic acids is 1. The van der Waals surface area contributed by atoms with E-state index in [2.05, 4.69) is 17.3 Å². The Morgan fingerprint density at radius 2 is 1.95 bits per heavy atom. The van der Waals surface area contributed by atoms with E-state index in [1.165, 1.54) is 0 Å². The molecule has 1 aliphatic carbocycles. The predicted octanol–water partition coefficient (Wildman–Crippen LogP) is 3.55. The van der Waals surface area contributed by atoms with Crippen molar-refractivity contribution in [3.8, 4) is 6.07 Å². The number of aliphatic hydroxyl groups excluding tert-OH is 1. The summed E-state index contributed by atoms with van der Waals surface area (Å²) in [6.45, 7) is 7.15. The van der Waals surface area contributed by atoms with Crippen LogP contribution in [0.1, 0.15) is 63.3 Å². The average molecular weight is 506 g/mol. The van der Waals surface area contributed by atoms with Gasteiger partial charge in [-0.3, -0.25) is 0 Å². The lowest BCUT2D eigenvalue weighted by atomic mass is 9.91. The van der Waals surface area contributed by atoms with Crippen molar-refractivity contribution in [2.75, 3.05) is 19.7 Å². The van der Waals surface area contributed by atoms with Gasteiger partial charge in [0.1, 0.15) is 18.0 Å².